The Morgan fingerprint density at radius 1 is 1.00 bits per heavy atom. The third-order valence-corrected chi connectivity index (χ3v) is 4.83. The number of nitrogens with zero attached hydrogens (tertiary/aromatic N) is 1. The molecule has 0 saturated heterocycles. The Bertz CT molecular complexity index is 763. The van der Waals surface area contributed by atoms with Crippen LogP contribution in [-0.4, -0.2) is 38.2 Å². The van der Waals surface area contributed by atoms with E-state index in [0.29, 0.717) is 11.5 Å². The van der Waals surface area contributed by atoms with E-state index in [1.54, 1.807) is 26.6 Å². The number of nitrogens with one attached hydrogen (secondary N) is 2. The molecule has 0 fully saturated rings. The van der Waals surface area contributed by atoms with Crippen molar-refractivity contribution in [2.24, 2.45) is 0 Å². The summed E-state index contributed by atoms with van der Waals surface area (Å²) in [7, 11) is 3.22. The fourth-order valence-electron chi connectivity index (χ4n) is 3.40. The maximum atomic E-state index is 12.5. The molecule has 6 nitrogen and oxygen atoms in total. The standard InChI is InChI=1S/C18H20N2O3.C4H11N/c1-4-12-13-9-15(22-2)16(23-3)10-14(13)17(20-18(12)21)11-5-7-19-8-6-11;1-3-5-4-2/h5-10,12,17H,4H2,1-3H3,(H,20,21);5H,3-4H2,1-2H3. The highest BCUT2D eigenvalue weighted by Gasteiger charge is 2.34. The number of rotatable bonds is 6. The van der Waals surface area contributed by atoms with Gasteiger partial charge in [-0.25, -0.2) is 0 Å². The monoisotopic (exact) mass is 385 g/mol. The van der Waals surface area contributed by atoms with E-state index in [1.165, 1.54) is 0 Å². The molecule has 0 bridgehead atoms. The van der Waals surface area contributed by atoms with Gasteiger partial charge in [-0.2, -0.15) is 0 Å². The molecule has 2 heterocycles. The van der Waals surface area contributed by atoms with E-state index in [4.69, 9.17) is 9.47 Å². The third kappa shape index (κ3) is 4.81. The minimum Gasteiger partial charge on any atom is -0.493 e. The molecular formula is C22H31N3O3. The van der Waals surface area contributed by atoms with Crippen LogP contribution in [0, 0.1) is 0 Å². The van der Waals surface area contributed by atoms with Crippen molar-refractivity contribution in [1.29, 1.82) is 0 Å². The zero-order valence-electron chi connectivity index (χ0n) is 17.4. The van der Waals surface area contributed by atoms with Gasteiger partial charge in [-0.15, -0.1) is 0 Å². The summed E-state index contributed by atoms with van der Waals surface area (Å²) in [6.07, 6.45) is 4.19. The van der Waals surface area contributed by atoms with Gasteiger partial charge in [-0.1, -0.05) is 20.8 Å². The van der Waals surface area contributed by atoms with Crippen LogP contribution in [-0.2, 0) is 4.79 Å². The number of benzene rings is 1. The molecule has 2 unspecified atom stereocenters. The van der Waals surface area contributed by atoms with Gasteiger partial charge in [0.15, 0.2) is 11.5 Å². The molecule has 1 aliphatic heterocycles. The lowest BCUT2D eigenvalue weighted by molar-refractivity contribution is -0.123. The number of fused-ring (bicyclic) bond motifs is 1. The van der Waals surface area contributed by atoms with Crippen molar-refractivity contribution in [3.05, 3.63) is 53.3 Å². The number of methoxy groups -OCH3 is 2. The zero-order chi connectivity index (χ0) is 20.5. The molecule has 0 saturated carbocycles. The highest BCUT2D eigenvalue weighted by molar-refractivity contribution is 5.87. The van der Waals surface area contributed by atoms with Crippen LogP contribution < -0.4 is 20.1 Å². The number of hydrogen-bond donors (Lipinski definition) is 2. The summed E-state index contributed by atoms with van der Waals surface area (Å²) in [6.45, 7) is 8.40. The number of hydrogen-bond acceptors (Lipinski definition) is 5. The predicted molar refractivity (Wildman–Crippen MR) is 111 cm³/mol. The lowest BCUT2D eigenvalue weighted by Crippen LogP contribution is -2.39. The quantitative estimate of drug-likeness (QED) is 0.797. The highest BCUT2D eigenvalue weighted by atomic mass is 16.5. The van der Waals surface area contributed by atoms with E-state index < -0.39 is 0 Å². The SMILES string of the molecule is CCC1C(=O)NC(c2ccncc2)c2cc(OC)c(OC)cc21.CCNCC. The number of carbonyl (C=O) groups is 1. The summed E-state index contributed by atoms with van der Waals surface area (Å²) in [5.41, 5.74) is 3.03. The van der Waals surface area contributed by atoms with Crippen molar-refractivity contribution in [1.82, 2.24) is 15.6 Å². The fraction of sp³-hybridized carbons (Fsp3) is 0.455. The summed E-state index contributed by atoms with van der Waals surface area (Å²) >= 11 is 0. The molecule has 1 amide bonds. The second-order valence-electron chi connectivity index (χ2n) is 6.48. The second-order valence-corrected chi connectivity index (χ2v) is 6.48. The first-order chi connectivity index (χ1) is 13.6. The lowest BCUT2D eigenvalue weighted by atomic mass is 9.82. The molecule has 1 aromatic carbocycles. The van der Waals surface area contributed by atoms with Crippen molar-refractivity contribution >= 4 is 5.91 Å². The van der Waals surface area contributed by atoms with E-state index in [-0.39, 0.29) is 17.9 Å². The van der Waals surface area contributed by atoms with E-state index in [0.717, 1.165) is 36.2 Å². The Hall–Kier alpha value is -2.60. The third-order valence-electron chi connectivity index (χ3n) is 4.83. The van der Waals surface area contributed by atoms with Crippen molar-refractivity contribution < 1.29 is 14.3 Å². The van der Waals surface area contributed by atoms with E-state index in [2.05, 4.69) is 29.5 Å². The molecule has 0 radical (unpaired) electrons. The topological polar surface area (TPSA) is 72.5 Å². The molecule has 1 aromatic heterocycles. The van der Waals surface area contributed by atoms with Crippen LogP contribution in [0.3, 0.4) is 0 Å². The molecule has 0 aliphatic carbocycles. The van der Waals surface area contributed by atoms with Crippen molar-refractivity contribution in [3.63, 3.8) is 0 Å². The number of amides is 1. The maximum Gasteiger partial charge on any atom is 0.228 e. The first kappa shape index (κ1) is 21.7. The minimum atomic E-state index is -0.205. The first-order valence-corrected chi connectivity index (χ1v) is 9.77. The molecule has 2 atom stereocenters. The molecular weight excluding hydrogens is 354 g/mol. The Morgan fingerprint density at radius 3 is 2.04 bits per heavy atom. The molecule has 6 heteroatoms. The molecule has 3 rings (SSSR count). The van der Waals surface area contributed by atoms with Crippen LogP contribution in [0.25, 0.3) is 0 Å². The Labute approximate surface area is 167 Å². The van der Waals surface area contributed by atoms with Gasteiger partial charge in [0.25, 0.3) is 0 Å². The summed E-state index contributed by atoms with van der Waals surface area (Å²) < 4.78 is 10.8. The number of carbonyl (C=O) groups excluding carboxylic acids is 1. The van der Waals surface area contributed by atoms with Crippen molar-refractivity contribution in [3.8, 4) is 11.5 Å². The van der Waals surface area contributed by atoms with Crippen molar-refractivity contribution in [2.45, 2.75) is 39.2 Å². The summed E-state index contributed by atoms with van der Waals surface area (Å²) in [4.78, 5) is 16.6. The Kier molecular flexibility index (Phi) is 8.26. The molecule has 2 aromatic rings. The van der Waals surface area contributed by atoms with E-state index in [1.807, 2.05) is 31.2 Å². The van der Waals surface area contributed by atoms with Gasteiger partial charge >= 0.3 is 0 Å². The smallest absolute Gasteiger partial charge is 0.228 e. The molecule has 0 spiro atoms. The number of pyridine rings is 1. The van der Waals surface area contributed by atoms with Crippen LogP contribution in [0.5, 0.6) is 11.5 Å². The van der Waals surface area contributed by atoms with Crippen LogP contribution in [0.2, 0.25) is 0 Å². The van der Waals surface area contributed by atoms with Gasteiger partial charge in [-0.05, 0) is 60.5 Å². The molecule has 1 aliphatic rings. The van der Waals surface area contributed by atoms with Gasteiger partial charge in [0.1, 0.15) is 0 Å². The minimum absolute atomic E-state index is 0.0361. The van der Waals surface area contributed by atoms with Gasteiger partial charge in [0.05, 0.1) is 26.2 Å². The molecule has 152 valence electrons. The molecule has 28 heavy (non-hydrogen) atoms. The van der Waals surface area contributed by atoms with E-state index in [9.17, 15) is 4.79 Å². The van der Waals surface area contributed by atoms with Gasteiger partial charge < -0.3 is 20.1 Å². The Balaban J connectivity index is 0.000000500. The number of ether oxygens (including phenoxy) is 2. The maximum absolute atomic E-state index is 12.5. The second kappa shape index (κ2) is 10.7. The average Bonchev–Trinajstić information content (AvgIpc) is 2.74. The zero-order valence-corrected chi connectivity index (χ0v) is 17.4. The molecule has 2 N–H and O–H groups in total. The van der Waals surface area contributed by atoms with Crippen LogP contribution in [0.1, 0.15) is 55.8 Å². The normalized spacial score (nSPS) is 17.7. The summed E-state index contributed by atoms with van der Waals surface area (Å²) in [5, 5.41) is 6.23. The first-order valence-electron chi connectivity index (χ1n) is 9.77. The van der Waals surface area contributed by atoms with Gasteiger partial charge in [0.2, 0.25) is 5.91 Å². The van der Waals surface area contributed by atoms with Crippen molar-refractivity contribution in [2.75, 3.05) is 27.3 Å². The van der Waals surface area contributed by atoms with Gasteiger partial charge in [0, 0.05) is 12.4 Å². The van der Waals surface area contributed by atoms with Crippen LogP contribution in [0.4, 0.5) is 0 Å². The van der Waals surface area contributed by atoms with Gasteiger partial charge in [-0.3, -0.25) is 9.78 Å². The predicted octanol–water partition coefficient (Wildman–Crippen LogP) is 3.43. The largest absolute Gasteiger partial charge is 0.493 e. The Morgan fingerprint density at radius 2 is 1.57 bits per heavy atom. The highest BCUT2D eigenvalue weighted by Crippen LogP contribution is 2.42. The fourth-order valence-corrected chi connectivity index (χ4v) is 3.40. The van der Waals surface area contributed by atoms with Crippen LogP contribution >= 0.6 is 0 Å². The summed E-state index contributed by atoms with van der Waals surface area (Å²) in [6, 6.07) is 7.51. The van der Waals surface area contributed by atoms with E-state index >= 15 is 0 Å². The van der Waals surface area contributed by atoms with Crippen LogP contribution in [0.15, 0.2) is 36.7 Å². The summed E-state index contributed by atoms with van der Waals surface area (Å²) in [5.74, 6) is 1.17. The lowest BCUT2D eigenvalue weighted by Gasteiger charge is -2.32. The average molecular weight is 386 g/mol. The number of aromatic nitrogens is 1.